The van der Waals surface area contributed by atoms with Crippen LogP contribution in [0.25, 0.3) is 99.8 Å². The van der Waals surface area contributed by atoms with Gasteiger partial charge < -0.3 is 4.57 Å². The Morgan fingerprint density at radius 1 is 0.370 bits per heavy atom. The van der Waals surface area contributed by atoms with Gasteiger partial charge in [0, 0.05) is 16.5 Å². The first-order valence-electron chi connectivity index (χ1n) is 18.8. The van der Waals surface area contributed by atoms with Crippen LogP contribution in [-0.4, -0.2) is 4.57 Å². The number of hydrogen-bond acceptors (Lipinski definition) is 0. The highest BCUT2D eigenvalue weighted by atomic mass is 15.0. The molecule has 1 aliphatic rings. The molecule has 0 saturated heterocycles. The second kappa shape index (κ2) is 12.3. The number of nitrogens with zero attached hydrogens (tertiary/aromatic N) is 1. The number of benzene rings is 9. The minimum absolute atomic E-state index is 0.905. The van der Waals surface area contributed by atoms with Gasteiger partial charge in [0.05, 0.1) is 11.0 Å². The summed E-state index contributed by atoms with van der Waals surface area (Å²) in [5.74, 6) is 0. The van der Waals surface area contributed by atoms with Gasteiger partial charge in [-0.1, -0.05) is 164 Å². The van der Waals surface area contributed by atoms with E-state index in [1.165, 1.54) is 98.0 Å². The van der Waals surface area contributed by atoms with Crippen LogP contribution in [0.3, 0.4) is 0 Å². The molecule has 0 N–H and O–H groups in total. The molecule has 1 heteroatoms. The lowest BCUT2D eigenvalue weighted by Gasteiger charge is -2.18. The summed E-state index contributed by atoms with van der Waals surface area (Å²) in [7, 11) is 0. The highest BCUT2D eigenvalue weighted by molar-refractivity contribution is 6.21. The molecule has 10 aromatic rings. The maximum atomic E-state index is 2.42. The maximum Gasteiger partial charge on any atom is 0.0541 e. The number of allylic oxidation sites excluding steroid dienone is 2. The standard InChI is InChI=1S/C53H35N/c1-2-15-38-33-40(18-11-16-35(38)13-1)53-47-23-7-5-21-45(47)52(46-22-6-8-24-48(46)53)37-27-30-41(31-28-37)54-50-26-10-9-20-44(50)49-34-39(29-32-51(49)54)43-25-12-17-36-14-3-4-19-42(36)43/h1-10,12-34H,11H2. The molecule has 1 nitrogen and oxygen atoms in total. The third-order valence-electron chi connectivity index (χ3n) is 11.4. The molecule has 0 unspecified atom stereocenters. The number of rotatable bonds is 4. The first-order chi connectivity index (χ1) is 26.8. The average Bonchev–Trinajstić information content (AvgIpc) is 3.40. The number of aromatic nitrogens is 1. The van der Waals surface area contributed by atoms with Crippen LogP contribution in [0.4, 0.5) is 0 Å². The van der Waals surface area contributed by atoms with Gasteiger partial charge in [-0.05, 0) is 119 Å². The fraction of sp³-hybridized carbons (Fsp3) is 0.0189. The third kappa shape index (κ3) is 4.79. The zero-order chi connectivity index (χ0) is 35.6. The first kappa shape index (κ1) is 30.6. The first-order valence-corrected chi connectivity index (χ1v) is 18.8. The molecule has 0 saturated carbocycles. The molecule has 0 amide bonds. The highest BCUT2D eigenvalue weighted by Crippen LogP contribution is 2.43. The van der Waals surface area contributed by atoms with Crippen molar-refractivity contribution in [2.75, 3.05) is 0 Å². The molecule has 1 heterocycles. The Morgan fingerprint density at radius 2 is 0.944 bits per heavy atom. The van der Waals surface area contributed by atoms with Gasteiger partial charge in [-0.2, -0.15) is 0 Å². The molecule has 1 aromatic heterocycles. The summed E-state index contributed by atoms with van der Waals surface area (Å²) < 4.78 is 2.42. The zero-order valence-electron chi connectivity index (χ0n) is 29.7. The molecule has 0 fully saturated rings. The van der Waals surface area contributed by atoms with Gasteiger partial charge in [-0.25, -0.2) is 0 Å². The summed E-state index contributed by atoms with van der Waals surface area (Å²) in [5, 5.41) is 12.7. The van der Waals surface area contributed by atoms with E-state index in [0.29, 0.717) is 0 Å². The Labute approximate surface area is 313 Å². The van der Waals surface area contributed by atoms with Crippen LogP contribution in [0.1, 0.15) is 12.0 Å². The van der Waals surface area contributed by atoms with E-state index in [9.17, 15) is 0 Å². The summed E-state index contributed by atoms with van der Waals surface area (Å²) in [6, 6.07) is 66.9. The van der Waals surface area contributed by atoms with Crippen molar-refractivity contribution in [3.63, 3.8) is 0 Å². The molecule has 0 spiro atoms. The van der Waals surface area contributed by atoms with Crippen molar-refractivity contribution in [3.05, 3.63) is 204 Å². The van der Waals surface area contributed by atoms with Crippen LogP contribution >= 0.6 is 0 Å². The van der Waals surface area contributed by atoms with Crippen molar-refractivity contribution in [2.45, 2.75) is 6.42 Å². The average molecular weight is 686 g/mol. The van der Waals surface area contributed by atoms with Gasteiger partial charge in [0.1, 0.15) is 0 Å². The number of fused-ring (bicyclic) bond motifs is 7. The third-order valence-corrected chi connectivity index (χ3v) is 11.4. The van der Waals surface area contributed by atoms with Gasteiger partial charge in [0.2, 0.25) is 0 Å². The number of hydrogen-bond donors (Lipinski definition) is 0. The predicted octanol–water partition coefficient (Wildman–Crippen LogP) is 12.6. The van der Waals surface area contributed by atoms with Crippen LogP contribution in [-0.2, 0) is 0 Å². The predicted molar refractivity (Wildman–Crippen MR) is 231 cm³/mol. The molecule has 252 valence electrons. The zero-order valence-corrected chi connectivity index (χ0v) is 29.7. The molecule has 9 aromatic carbocycles. The monoisotopic (exact) mass is 685 g/mol. The highest BCUT2D eigenvalue weighted by Gasteiger charge is 2.19. The van der Waals surface area contributed by atoms with E-state index >= 15 is 0 Å². The van der Waals surface area contributed by atoms with E-state index in [1.807, 2.05) is 0 Å². The van der Waals surface area contributed by atoms with E-state index in [-0.39, 0.29) is 0 Å². The van der Waals surface area contributed by atoms with Crippen molar-refractivity contribution in [2.24, 2.45) is 0 Å². The fourth-order valence-corrected chi connectivity index (χ4v) is 8.97. The quantitative estimate of drug-likeness (QED) is 0.163. The van der Waals surface area contributed by atoms with Crippen LogP contribution in [0.15, 0.2) is 188 Å². The van der Waals surface area contributed by atoms with E-state index < -0.39 is 0 Å². The lowest BCUT2D eigenvalue weighted by atomic mass is 9.85. The van der Waals surface area contributed by atoms with E-state index in [0.717, 1.165) is 12.1 Å². The van der Waals surface area contributed by atoms with E-state index in [2.05, 4.69) is 205 Å². The van der Waals surface area contributed by atoms with Gasteiger partial charge in [0.15, 0.2) is 0 Å². The van der Waals surface area contributed by atoms with Crippen LogP contribution in [0.2, 0.25) is 0 Å². The Morgan fingerprint density at radius 3 is 1.70 bits per heavy atom. The summed E-state index contributed by atoms with van der Waals surface area (Å²) >= 11 is 0. The summed E-state index contributed by atoms with van der Waals surface area (Å²) in [4.78, 5) is 0. The lowest BCUT2D eigenvalue weighted by Crippen LogP contribution is -2.22. The second-order valence-electron chi connectivity index (χ2n) is 14.4. The molecule has 0 atom stereocenters. The topological polar surface area (TPSA) is 4.93 Å². The Balaban J connectivity index is 1.07. The van der Waals surface area contributed by atoms with Gasteiger partial charge in [-0.15, -0.1) is 0 Å². The molecular formula is C53H35N. The Hall–Kier alpha value is -6.96. The maximum absolute atomic E-state index is 2.42. The molecule has 0 bridgehead atoms. The normalized spacial score (nSPS) is 12.8. The summed E-state index contributed by atoms with van der Waals surface area (Å²) in [6.45, 7) is 0. The Bertz CT molecular complexity index is 3220. The smallest absolute Gasteiger partial charge is 0.0541 e. The van der Waals surface area contributed by atoms with Gasteiger partial charge in [0.25, 0.3) is 0 Å². The molecule has 0 radical (unpaired) electrons. The van der Waals surface area contributed by atoms with E-state index in [1.54, 1.807) is 0 Å². The summed E-state index contributed by atoms with van der Waals surface area (Å²) in [6.07, 6.45) is 8.00. The van der Waals surface area contributed by atoms with Crippen LogP contribution < -0.4 is 10.4 Å². The minimum Gasteiger partial charge on any atom is -0.309 e. The molecular weight excluding hydrogens is 651 g/mol. The second-order valence-corrected chi connectivity index (χ2v) is 14.4. The van der Waals surface area contributed by atoms with Crippen molar-refractivity contribution in [1.82, 2.24) is 4.57 Å². The fourth-order valence-electron chi connectivity index (χ4n) is 8.97. The Kier molecular flexibility index (Phi) is 7.00. The SMILES string of the molecule is C1=C(c2c3ccccc3c(-c3ccc(-n4c5ccccc5c5cc(-c6cccc7ccccc67)ccc54)cc3)c3ccccc23)C=c2ccccc2=CC1. The molecule has 0 aliphatic heterocycles. The molecule has 1 aliphatic carbocycles. The molecule has 54 heavy (non-hydrogen) atoms. The van der Waals surface area contributed by atoms with Crippen molar-refractivity contribution < 1.29 is 0 Å². The van der Waals surface area contributed by atoms with Crippen molar-refractivity contribution in [1.29, 1.82) is 0 Å². The largest absolute Gasteiger partial charge is 0.309 e. The van der Waals surface area contributed by atoms with Crippen molar-refractivity contribution in [3.8, 4) is 27.9 Å². The van der Waals surface area contributed by atoms with Crippen LogP contribution in [0, 0.1) is 0 Å². The van der Waals surface area contributed by atoms with E-state index in [4.69, 9.17) is 0 Å². The van der Waals surface area contributed by atoms with Gasteiger partial charge in [-0.3, -0.25) is 0 Å². The van der Waals surface area contributed by atoms with Crippen molar-refractivity contribution >= 4 is 71.8 Å². The summed E-state index contributed by atoms with van der Waals surface area (Å²) in [5.41, 5.74) is 11.1. The minimum atomic E-state index is 0.905. The lowest BCUT2D eigenvalue weighted by molar-refractivity contribution is 1.18. The van der Waals surface area contributed by atoms with Crippen LogP contribution in [0.5, 0.6) is 0 Å². The van der Waals surface area contributed by atoms with Gasteiger partial charge >= 0.3 is 0 Å². The number of para-hydroxylation sites is 1. The molecule has 11 rings (SSSR count).